The molecule has 1 aromatic carbocycles. The highest BCUT2D eigenvalue weighted by Gasteiger charge is 2.44. The normalized spacial score (nSPS) is 30.1. The van der Waals surface area contributed by atoms with Crippen LogP contribution in [0.2, 0.25) is 0 Å². The fourth-order valence-corrected chi connectivity index (χ4v) is 4.40. The SMILES string of the molecule is CCC=C(CN1CCC[C@]2(CCC[C@H]2O)C1)c1ccccc1. The lowest BCUT2D eigenvalue weighted by Gasteiger charge is -2.43. The van der Waals surface area contributed by atoms with Crippen molar-refractivity contribution in [3.05, 3.63) is 42.0 Å². The van der Waals surface area contributed by atoms with Crippen LogP contribution in [0.25, 0.3) is 5.57 Å². The molecule has 2 nitrogen and oxygen atoms in total. The number of aliphatic hydroxyl groups excluding tert-OH is 1. The molecule has 0 bridgehead atoms. The second-order valence-electron chi connectivity index (χ2n) is 7.09. The highest BCUT2D eigenvalue weighted by molar-refractivity contribution is 5.66. The lowest BCUT2D eigenvalue weighted by atomic mass is 9.76. The van der Waals surface area contributed by atoms with Crippen LogP contribution in [0.1, 0.15) is 51.0 Å². The van der Waals surface area contributed by atoms with E-state index < -0.39 is 0 Å². The van der Waals surface area contributed by atoms with Crippen LogP contribution in [0.4, 0.5) is 0 Å². The predicted molar refractivity (Wildman–Crippen MR) is 92.7 cm³/mol. The average Bonchev–Trinajstić information content (AvgIpc) is 2.88. The lowest BCUT2D eigenvalue weighted by molar-refractivity contribution is -0.00542. The first-order chi connectivity index (χ1) is 10.7. The maximum atomic E-state index is 10.4. The maximum Gasteiger partial charge on any atom is 0.0608 e. The number of rotatable bonds is 4. The molecule has 0 aromatic heterocycles. The van der Waals surface area contributed by atoms with E-state index in [4.69, 9.17) is 0 Å². The van der Waals surface area contributed by atoms with Crippen molar-refractivity contribution in [2.75, 3.05) is 19.6 Å². The standard InChI is InChI=1S/C20H29NO/c1-2-8-18(17-9-4-3-5-10-17)15-21-14-7-13-20(16-21)12-6-11-19(20)22/h3-5,8-10,19,22H,2,6-7,11-16H2,1H3/t19-,20-/m1/s1. The van der Waals surface area contributed by atoms with Gasteiger partial charge in [0.1, 0.15) is 0 Å². The Balaban J connectivity index is 1.72. The van der Waals surface area contributed by atoms with E-state index in [1.807, 2.05) is 0 Å². The second-order valence-corrected chi connectivity index (χ2v) is 7.09. The van der Waals surface area contributed by atoms with Crippen molar-refractivity contribution in [3.63, 3.8) is 0 Å². The minimum absolute atomic E-state index is 0.0781. The van der Waals surface area contributed by atoms with Gasteiger partial charge >= 0.3 is 0 Å². The molecule has 0 radical (unpaired) electrons. The predicted octanol–water partition coefficient (Wildman–Crippen LogP) is 4.11. The molecule has 1 aliphatic heterocycles. The zero-order valence-corrected chi connectivity index (χ0v) is 13.8. The molecule has 2 fully saturated rings. The van der Waals surface area contributed by atoms with Crippen molar-refractivity contribution in [1.82, 2.24) is 4.90 Å². The Morgan fingerprint density at radius 3 is 2.73 bits per heavy atom. The van der Waals surface area contributed by atoms with Gasteiger partial charge in [-0.05, 0) is 49.8 Å². The van der Waals surface area contributed by atoms with E-state index in [-0.39, 0.29) is 11.5 Å². The second kappa shape index (κ2) is 6.97. The van der Waals surface area contributed by atoms with Crippen molar-refractivity contribution in [2.24, 2.45) is 5.41 Å². The summed E-state index contributed by atoms with van der Waals surface area (Å²) in [5.41, 5.74) is 2.97. The molecule has 120 valence electrons. The Morgan fingerprint density at radius 1 is 1.27 bits per heavy atom. The van der Waals surface area contributed by atoms with Crippen LogP contribution >= 0.6 is 0 Å². The topological polar surface area (TPSA) is 23.5 Å². The van der Waals surface area contributed by atoms with Gasteiger partial charge in [-0.15, -0.1) is 0 Å². The van der Waals surface area contributed by atoms with E-state index in [0.717, 1.165) is 25.9 Å². The number of aliphatic hydroxyl groups is 1. The zero-order valence-electron chi connectivity index (χ0n) is 13.8. The molecule has 2 atom stereocenters. The molecule has 1 saturated heterocycles. The van der Waals surface area contributed by atoms with Gasteiger partial charge in [0.25, 0.3) is 0 Å². The largest absolute Gasteiger partial charge is 0.393 e. The molecule has 0 unspecified atom stereocenters. The van der Waals surface area contributed by atoms with Crippen LogP contribution in [0.3, 0.4) is 0 Å². The first-order valence-corrected chi connectivity index (χ1v) is 8.88. The Morgan fingerprint density at radius 2 is 2.05 bits per heavy atom. The number of benzene rings is 1. The molecule has 1 aliphatic carbocycles. The summed E-state index contributed by atoms with van der Waals surface area (Å²) in [4.78, 5) is 2.58. The molecule has 3 rings (SSSR count). The molecular weight excluding hydrogens is 270 g/mol. The van der Waals surface area contributed by atoms with Gasteiger partial charge in [0.2, 0.25) is 0 Å². The van der Waals surface area contributed by atoms with Crippen LogP contribution in [0.5, 0.6) is 0 Å². The van der Waals surface area contributed by atoms with E-state index >= 15 is 0 Å². The summed E-state index contributed by atoms with van der Waals surface area (Å²) in [7, 11) is 0. The van der Waals surface area contributed by atoms with Gasteiger partial charge in [-0.25, -0.2) is 0 Å². The third-order valence-electron chi connectivity index (χ3n) is 5.54. The van der Waals surface area contributed by atoms with Crippen molar-refractivity contribution in [2.45, 2.75) is 51.6 Å². The number of likely N-dealkylation sites (tertiary alicyclic amines) is 1. The number of allylic oxidation sites excluding steroid dienone is 1. The molecule has 2 heteroatoms. The van der Waals surface area contributed by atoms with E-state index in [1.165, 1.54) is 43.4 Å². The van der Waals surface area contributed by atoms with Crippen LogP contribution in [-0.2, 0) is 0 Å². The monoisotopic (exact) mass is 299 g/mol. The number of hydrogen-bond donors (Lipinski definition) is 1. The van der Waals surface area contributed by atoms with Crippen molar-refractivity contribution in [3.8, 4) is 0 Å². The summed E-state index contributed by atoms with van der Waals surface area (Å²) < 4.78 is 0. The summed E-state index contributed by atoms with van der Waals surface area (Å²) in [6.45, 7) is 5.47. The molecule has 1 spiro atoms. The fourth-order valence-electron chi connectivity index (χ4n) is 4.40. The first kappa shape index (κ1) is 15.8. The van der Waals surface area contributed by atoms with Gasteiger partial charge in [0.05, 0.1) is 6.10 Å². The minimum Gasteiger partial charge on any atom is -0.393 e. The molecular formula is C20H29NO. The average molecular weight is 299 g/mol. The van der Waals surface area contributed by atoms with Gasteiger partial charge in [-0.3, -0.25) is 4.90 Å². The first-order valence-electron chi connectivity index (χ1n) is 8.88. The molecule has 1 saturated carbocycles. The summed E-state index contributed by atoms with van der Waals surface area (Å²) in [5.74, 6) is 0. The van der Waals surface area contributed by atoms with Gasteiger partial charge in [0, 0.05) is 18.5 Å². The van der Waals surface area contributed by atoms with E-state index in [2.05, 4.69) is 48.2 Å². The highest BCUT2D eigenvalue weighted by atomic mass is 16.3. The third-order valence-corrected chi connectivity index (χ3v) is 5.54. The third kappa shape index (κ3) is 3.28. The minimum atomic E-state index is -0.0781. The van der Waals surface area contributed by atoms with E-state index in [9.17, 15) is 5.11 Å². The molecule has 2 aliphatic rings. The van der Waals surface area contributed by atoms with Crippen LogP contribution in [0, 0.1) is 5.41 Å². The fraction of sp³-hybridized carbons (Fsp3) is 0.600. The quantitative estimate of drug-likeness (QED) is 0.904. The van der Waals surface area contributed by atoms with Gasteiger partial charge in [0.15, 0.2) is 0 Å². The smallest absolute Gasteiger partial charge is 0.0608 e. The molecule has 1 aromatic rings. The summed E-state index contributed by atoms with van der Waals surface area (Å²) >= 11 is 0. The number of hydrogen-bond acceptors (Lipinski definition) is 2. The van der Waals surface area contributed by atoms with Gasteiger partial charge < -0.3 is 5.11 Å². The van der Waals surface area contributed by atoms with Crippen LogP contribution < -0.4 is 0 Å². The zero-order chi connectivity index (χ0) is 15.4. The number of piperidine rings is 1. The van der Waals surface area contributed by atoms with Crippen molar-refractivity contribution >= 4 is 5.57 Å². The Labute approximate surface area is 134 Å². The van der Waals surface area contributed by atoms with Gasteiger partial charge in [-0.1, -0.05) is 49.8 Å². The van der Waals surface area contributed by atoms with Crippen molar-refractivity contribution in [1.29, 1.82) is 0 Å². The summed E-state index contributed by atoms with van der Waals surface area (Å²) in [5, 5.41) is 10.4. The molecule has 1 N–H and O–H groups in total. The Bertz CT molecular complexity index is 510. The Hall–Kier alpha value is -1.12. The molecule has 1 heterocycles. The van der Waals surface area contributed by atoms with E-state index in [1.54, 1.807) is 0 Å². The molecule has 22 heavy (non-hydrogen) atoms. The van der Waals surface area contributed by atoms with Crippen LogP contribution in [0.15, 0.2) is 36.4 Å². The number of nitrogens with zero attached hydrogens (tertiary/aromatic N) is 1. The highest BCUT2D eigenvalue weighted by Crippen LogP contribution is 2.45. The summed E-state index contributed by atoms with van der Waals surface area (Å²) in [6.07, 6.45) is 9.21. The van der Waals surface area contributed by atoms with Crippen LogP contribution in [-0.4, -0.2) is 35.7 Å². The van der Waals surface area contributed by atoms with Gasteiger partial charge in [-0.2, -0.15) is 0 Å². The van der Waals surface area contributed by atoms with Crippen molar-refractivity contribution < 1.29 is 5.11 Å². The molecule has 0 amide bonds. The Kier molecular flexibility index (Phi) is 5.00. The summed E-state index contributed by atoms with van der Waals surface area (Å²) in [6, 6.07) is 10.8. The van der Waals surface area contributed by atoms with E-state index in [0.29, 0.717) is 0 Å². The lowest BCUT2D eigenvalue weighted by Crippen LogP contribution is -2.47. The maximum absolute atomic E-state index is 10.4.